The van der Waals surface area contributed by atoms with Crippen LogP contribution in [0.5, 0.6) is 0 Å². The molecule has 0 bridgehead atoms. The summed E-state index contributed by atoms with van der Waals surface area (Å²) in [7, 11) is 0. The predicted molar refractivity (Wildman–Crippen MR) is 56.0 cm³/mol. The minimum absolute atomic E-state index is 0.0922. The SMILES string of the molecule is N#Cc1ccc(Sc2nnc(C(F)(F)F)n2N)nn1. The molecule has 0 aliphatic carbocycles. The Morgan fingerprint density at radius 3 is 2.42 bits per heavy atom. The van der Waals surface area contributed by atoms with Crippen molar-refractivity contribution in [3.05, 3.63) is 23.7 Å². The summed E-state index contributed by atoms with van der Waals surface area (Å²) in [5, 5.41) is 22.0. The summed E-state index contributed by atoms with van der Waals surface area (Å²) in [6, 6.07) is 4.55. The molecular formula is C8H4F3N7S. The van der Waals surface area contributed by atoms with Gasteiger partial charge in [-0.2, -0.15) is 18.4 Å². The highest BCUT2D eigenvalue weighted by Crippen LogP contribution is 2.30. The Morgan fingerprint density at radius 1 is 1.21 bits per heavy atom. The standard InChI is InChI=1S/C8H4F3N7S/c9-8(10,11)6-16-17-7(18(6)13)19-5-2-1-4(3-12)14-15-5/h1-2H,13H2. The molecule has 0 aromatic carbocycles. The van der Waals surface area contributed by atoms with E-state index in [0.717, 1.165) is 11.8 Å². The summed E-state index contributed by atoms with van der Waals surface area (Å²) >= 11 is 0.752. The van der Waals surface area contributed by atoms with E-state index in [1.165, 1.54) is 12.1 Å². The van der Waals surface area contributed by atoms with E-state index in [2.05, 4.69) is 20.4 Å². The largest absolute Gasteiger partial charge is 0.453 e. The molecule has 2 N–H and O–H groups in total. The first kappa shape index (κ1) is 13.1. The van der Waals surface area contributed by atoms with Gasteiger partial charge in [0.1, 0.15) is 11.1 Å². The first-order valence-corrected chi connectivity index (χ1v) is 5.43. The highest BCUT2D eigenvalue weighted by Gasteiger charge is 2.38. The van der Waals surface area contributed by atoms with Gasteiger partial charge in [-0.1, -0.05) is 0 Å². The van der Waals surface area contributed by atoms with Crippen molar-refractivity contribution in [3.8, 4) is 6.07 Å². The van der Waals surface area contributed by atoms with Crippen molar-refractivity contribution < 1.29 is 13.2 Å². The van der Waals surface area contributed by atoms with Gasteiger partial charge in [0, 0.05) is 0 Å². The first-order valence-electron chi connectivity index (χ1n) is 4.61. The molecule has 2 rings (SSSR count). The number of hydrogen-bond donors (Lipinski definition) is 1. The van der Waals surface area contributed by atoms with E-state index < -0.39 is 12.0 Å². The summed E-state index contributed by atoms with van der Waals surface area (Å²) in [4.78, 5) is 0. The molecule has 7 nitrogen and oxygen atoms in total. The maximum atomic E-state index is 12.4. The van der Waals surface area contributed by atoms with Crippen LogP contribution in [0.1, 0.15) is 11.5 Å². The lowest BCUT2D eigenvalue weighted by molar-refractivity contribution is -0.146. The van der Waals surface area contributed by atoms with Gasteiger partial charge in [0.2, 0.25) is 5.16 Å². The normalized spacial score (nSPS) is 11.3. The van der Waals surface area contributed by atoms with Gasteiger partial charge in [-0.25, -0.2) is 4.68 Å². The molecular weight excluding hydrogens is 283 g/mol. The van der Waals surface area contributed by atoms with Gasteiger partial charge in [-0.15, -0.1) is 20.4 Å². The summed E-state index contributed by atoms with van der Waals surface area (Å²) in [6.45, 7) is 0. The second-order valence-electron chi connectivity index (χ2n) is 3.14. The molecule has 2 aromatic rings. The van der Waals surface area contributed by atoms with Crippen LogP contribution in [0.3, 0.4) is 0 Å². The number of nitrogen functional groups attached to an aromatic ring is 1. The third kappa shape index (κ3) is 2.74. The monoisotopic (exact) mass is 287 g/mol. The molecule has 0 spiro atoms. The maximum Gasteiger partial charge on any atom is 0.453 e. The lowest BCUT2D eigenvalue weighted by Crippen LogP contribution is -2.21. The van der Waals surface area contributed by atoms with E-state index >= 15 is 0 Å². The molecule has 11 heteroatoms. The topological polar surface area (TPSA) is 106 Å². The smallest absolute Gasteiger partial charge is 0.335 e. The molecule has 0 saturated heterocycles. The van der Waals surface area contributed by atoms with Gasteiger partial charge in [-0.05, 0) is 23.9 Å². The third-order valence-corrected chi connectivity index (χ3v) is 2.76. The lowest BCUT2D eigenvalue weighted by Gasteiger charge is -2.05. The summed E-state index contributed by atoms with van der Waals surface area (Å²) in [5.74, 6) is 3.93. The Hall–Kier alpha value is -2.35. The van der Waals surface area contributed by atoms with Crippen LogP contribution >= 0.6 is 11.8 Å². The Kier molecular flexibility index (Phi) is 3.26. The second-order valence-corrected chi connectivity index (χ2v) is 4.13. The predicted octanol–water partition coefficient (Wildman–Crippen LogP) is 0.824. The summed E-state index contributed by atoms with van der Waals surface area (Å²) in [6.07, 6.45) is -4.68. The van der Waals surface area contributed by atoms with E-state index in [1.807, 2.05) is 0 Å². The van der Waals surface area contributed by atoms with Crippen molar-refractivity contribution in [2.24, 2.45) is 0 Å². The van der Waals surface area contributed by atoms with Crippen molar-refractivity contribution in [2.45, 2.75) is 16.4 Å². The minimum atomic E-state index is -4.68. The van der Waals surface area contributed by atoms with Crippen LogP contribution in [0, 0.1) is 11.3 Å². The highest BCUT2D eigenvalue weighted by molar-refractivity contribution is 7.99. The zero-order valence-corrected chi connectivity index (χ0v) is 9.77. The Morgan fingerprint density at radius 2 is 1.95 bits per heavy atom. The van der Waals surface area contributed by atoms with Crippen LogP contribution in [0.25, 0.3) is 0 Å². The van der Waals surface area contributed by atoms with Crippen LogP contribution in [0.4, 0.5) is 13.2 Å². The summed E-state index contributed by atoms with van der Waals surface area (Å²) in [5.41, 5.74) is 0.0922. The molecule has 0 saturated carbocycles. The van der Waals surface area contributed by atoms with Gasteiger partial charge in [0.05, 0.1) is 0 Å². The fourth-order valence-electron chi connectivity index (χ4n) is 1.07. The first-order chi connectivity index (χ1) is 8.91. The van der Waals surface area contributed by atoms with Gasteiger partial charge in [0.25, 0.3) is 5.82 Å². The number of nitrogens with zero attached hydrogens (tertiary/aromatic N) is 6. The number of halogens is 3. The summed E-state index contributed by atoms with van der Waals surface area (Å²) < 4.78 is 37.6. The number of hydrogen-bond acceptors (Lipinski definition) is 7. The van der Waals surface area contributed by atoms with Gasteiger partial charge < -0.3 is 5.84 Å². The number of alkyl halides is 3. The van der Waals surface area contributed by atoms with E-state index in [-0.39, 0.29) is 15.9 Å². The molecule has 0 unspecified atom stereocenters. The molecule has 0 fully saturated rings. The maximum absolute atomic E-state index is 12.4. The van der Waals surface area contributed by atoms with E-state index in [1.54, 1.807) is 6.07 Å². The van der Waals surface area contributed by atoms with Crippen molar-refractivity contribution in [3.63, 3.8) is 0 Å². The van der Waals surface area contributed by atoms with Gasteiger partial charge >= 0.3 is 6.18 Å². The molecule has 0 radical (unpaired) electrons. The van der Waals surface area contributed by atoms with Gasteiger partial charge in [-0.3, -0.25) is 0 Å². The Bertz CT molecular complexity index is 627. The fourth-order valence-corrected chi connectivity index (χ4v) is 1.74. The van der Waals surface area contributed by atoms with Gasteiger partial charge in [0.15, 0.2) is 5.69 Å². The Labute approximate surface area is 108 Å². The fraction of sp³-hybridized carbons (Fsp3) is 0.125. The van der Waals surface area contributed by atoms with Crippen LogP contribution in [0.15, 0.2) is 22.3 Å². The molecule has 0 amide bonds. The van der Waals surface area contributed by atoms with Crippen molar-refractivity contribution >= 4 is 11.8 Å². The zero-order valence-electron chi connectivity index (χ0n) is 8.96. The quantitative estimate of drug-likeness (QED) is 0.815. The number of nitriles is 1. The molecule has 0 aliphatic heterocycles. The molecule has 2 aromatic heterocycles. The van der Waals surface area contributed by atoms with Crippen LogP contribution in [-0.2, 0) is 6.18 Å². The Balaban J connectivity index is 2.24. The molecule has 0 atom stereocenters. The number of aromatic nitrogens is 5. The van der Waals surface area contributed by atoms with E-state index in [9.17, 15) is 13.2 Å². The average Bonchev–Trinajstić information content (AvgIpc) is 2.72. The van der Waals surface area contributed by atoms with Crippen molar-refractivity contribution in [2.75, 3.05) is 5.84 Å². The molecule has 0 aliphatic rings. The molecule has 2 heterocycles. The van der Waals surface area contributed by atoms with Crippen LogP contribution in [-0.4, -0.2) is 25.1 Å². The van der Waals surface area contributed by atoms with Crippen molar-refractivity contribution in [1.82, 2.24) is 25.1 Å². The zero-order chi connectivity index (χ0) is 14.0. The van der Waals surface area contributed by atoms with Crippen LogP contribution in [0.2, 0.25) is 0 Å². The second kappa shape index (κ2) is 4.73. The molecule has 19 heavy (non-hydrogen) atoms. The van der Waals surface area contributed by atoms with E-state index in [4.69, 9.17) is 11.1 Å². The molecule has 98 valence electrons. The number of nitrogens with two attached hydrogens (primary N) is 1. The number of rotatable bonds is 2. The third-order valence-electron chi connectivity index (χ3n) is 1.87. The lowest BCUT2D eigenvalue weighted by atomic mass is 10.4. The average molecular weight is 287 g/mol. The van der Waals surface area contributed by atoms with Crippen molar-refractivity contribution in [1.29, 1.82) is 5.26 Å². The minimum Gasteiger partial charge on any atom is -0.335 e. The highest BCUT2D eigenvalue weighted by atomic mass is 32.2. The van der Waals surface area contributed by atoms with Crippen LogP contribution < -0.4 is 5.84 Å². The van der Waals surface area contributed by atoms with E-state index in [0.29, 0.717) is 4.68 Å².